The Labute approximate surface area is 256 Å². The predicted octanol–water partition coefficient (Wildman–Crippen LogP) is 5.58. The zero-order chi connectivity index (χ0) is 30.9. The number of hydrogen-bond donors (Lipinski definition) is 0. The van der Waals surface area contributed by atoms with E-state index in [-0.39, 0.29) is 18.1 Å². The second-order valence-corrected chi connectivity index (χ2v) is 11.8. The summed E-state index contributed by atoms with van der Waals surface area (Å²) in [5, 5.41) is 0.803. The van der Waals surface area contributed by atoms with Crippen molar-refractivity contribution in [2.45, 2.75) is 38.1 Å². The first kappa shape index (κ1) is 31.3. The standard InChI is InChI=1S/C32H36N4O7S/c1-3-4-16-42-32(37)36-14-13-25-22-26(23-33-30(25)36)31-34-28-7-5-6-8-29(28)35(31)15-17-40-18-19-41-20-21-43-44(38,39)27-11-9-24(2)10-12-27/h5-14,22-23H,3-4,15-21H2,1-2H3. The number of ether oxygens (including phenoxy) is 3. The van der Waals surface area contributed by atoms with Gasteiger partial charge in [-0.1, -0.05) is 43.2 Å². The number of pyridine rings is 1. The summed E-state index contributed by atoms with van der Waals surface area (Å²) in [6.45, 7) is 5.92. The molecule has 0 aliphatic rings. The number of imidazole rings is 1. The first-order valence-electron chi connectivity index (χ1n) is 14.6. The summed E-state index contributed by atoms with van der Waals surface area (Å²) in [5.41, 5.74) is 4.13. The van der Waals surface area contributed by atoms with E-state index in [1.165, 1.54) is 16.7 Å². The molecule has 0 aliphatic carbocycles. The topological polar surface area (TPSA) is 124 Å². The summed E-state index contributed by atoms with van der Waals surface area (Å²) < 4.78 is 49.7. The first-order chi connectivity index (χ1) is 21.4. The van der Waals surface area contributed by atoms with Gasteiger partial charge in [-0.15, -0.1) is 0 Å². The molecule has 0 amide bonds. The van der Waals surface area contributed by atoms with Crippen molar-refractivity contribution in [1.82, 2.24) is 19.1 Å². The van der Waals surface area contributed by atoms with Crippen LogP contribution in [0.25, 0.3) is 33.5 Å². The van der Waals surface area contributed by atoms with Crippen molar-refractivity contribution in [1.29, 1.82) is 0 Å². The van der Waals surface area contributed by atoms with Crippen LogP contribution in [0.15, 0.2) is 78.0 Å². The fourth-order valence-corrected chi connectivity index (χ4v) is 5.54. The van der Waals surface area contributed by atoms with Crippen LogP contribution >= 0.6 is 0 Å². The molecule has 11 nitrogen and oxygen atoms in total. The number of carbonyl (C=O) groups is 1. The van der Waals surface area contributed by atoms with Crippen LogP contribution in [0.1, 0.15) is 25.3 Å². The van der Waals surface area contributed by atoms with E-state index in [4.69, 9.17) is 23.4 Å². The Hall–Kier alpha value is -4.10. The molecule has 0 N–H and O–H groups in total. The van der Waals surface area contributed by atoms with Gasteiger partial charge in [0.15, 0.2) is 0 Å². The number of para-hydroxylation sites is 2. The monoisotopic (exact) mass is 620 g/mol. The van der Waals surface area contributed by atoms with Crippen molar-refractivity contribution in [3.8, 4) is 11.4 Å². The molecular weight excluding hydrogens is 584 g/mol. The third kappa shape index (κ3) is 7.51. The minimum absolute atomic E-state index is 0.0810. The Bertz CT molecular complexity index is 1810. The molecule has 12 heteroatoms. The maximum absolute atomic E-state index is 12.5. The normalized spacial score (nSPS) is 11.9. The summed E-state index contributed by atoms with van der Waals surface area (Å²) in [6, 6.07) is 18.2. The SMILES string of the molecule is CCCCOC(=O)n1ccc2cc(-c3nc4ccccc4n3CCOCCOCCOS(=O)(=O)c3ccc(C)cc3)cnc21. The van der Waals surface area contributed by atoms with Crippen LogP contribution in [0.2, 0.25) is 0 Å². The first-order valence-corrected chi connectivity index (χ1v) is 16.0. The van der Waals surface area contributed by atoms with E-state index in [0.717, 1.165) is 46.2 Å². The largest absolute Gasteiger partial charge is 0.449 e. The van der Waals surface area contributed by atoms with Gasteiger partial charge in [-0.05, 0) is 49.7 Å². The second-order valence-electron chi connectivity index (χ2n) is 10.2. The molecule has 0 unspecified atom stereocenters. The highest BCUT2D eigenvalue weighted by molar-refractivity contribution is 7.86. The quantitative estimate of drug-likeness (QED) is 0.109. The van der Waals surface area contributed by atoms with E-state index in [9.17, 15) is 13.2 Å². The number of fused-ring (bicyclic) bond motifs is 2. The molecule has 0 saturated carbocycles. The highest BCUT2D eigenvalue weighted by Gasteiger charge is 2.17. The van der Waals surface area contributed by atoms with Crippen LogP contribution in [-0.2, 0) is 35.1 Å². The Kier molecular flexibility index (Phi) is 10.4. The van der Waals surface area contributed by atoms with Gasteiger partial charge in [0.05, 0.1) is 55.6 Å². The van der Waals surface area contributed by atoms with Crippen molar-refractivity contribution >= 4 is 38.3 Å². The molecular formula is C32H36N4O7S. The van der Waals surface area contributed by atoms with Gasteiger partial charge >= 0.3 is 6.09 Å². The number of benzene rings is 2. The predicted molar refractivity (Wildman–Crippen MR) is 166 cm³/mol. The molecule has 3 aromatic heterocycles. The van der Waals surface area contributed by atoms with Gasteiger partial charge in [0.25, 0.3) is 10.1 Å². The molecule has 5 aromatic rings. The van der Waals surface area contributed by atoms with Crippen LogP contribution in [-0.4, -0.2) is 73.3 Å². The number of carbonyl (C=O) groups excluding carboxylic acids is 1. The Morgan fingerprint density at radius 3 is 2.45 bits per heavy atom. The summed E-state index contributed by atoms with van der Waals surface area (Å²) in [6.07, 6.45) is 4.70. The Morgan fingerprint density at radius 1 is 0.909 bits per heavy atom. The highest BCUT2D eigenvalue weighted by Crippen LogP contribution is 2.27. The number of nitrogens with zero attached hydrogens (tertiary/aromatic N) is 4. The van der Waals surface area contributed by atoms with Gasteiger partial charge < -0.3 is 18.8 Å². The minimum Gasteiger partial charge on any atom is -0.449 e. The lowest BCUT2D eigenvalue weighted by atomic mass is 10.2. The number of rotatable bonds is 15. The number of unbranched alkanes of at least 4 members (excludes halogenated alkanes) is 1. The Balaban J connectivity index is 1.14. The lowest BCUT2D eigenvalue weighted by Gasteiger charge is -2.11. The third-order valence-corrected chi connectivity index (χ3v) is 8.29. The maximum Gasteiger partial charge on any atom is 0.419 e. The molecule has 0 spiro atoms. The lowest BCUT2D eigenvalue weighted by molar-refractivity contribution is 0.0350. The van der Waals surface area contributed by atoms with Crippen LogP contribution in [0.4, 0.5) is 4.79 Å². The fraction of sp³-hybridized carbons (Fsp3) is 0.344. The van der Waals surface area contributed by atoms with E-state index in [1.54, 1.807) is 24.5 Å². The van der Waals surface area contributed by atoms with Gasteiger partial charge in [-0.25, -0.2) is 19.3 Å². The molecule has 44 heavy (non-hydrogen) atoms. The van der Waals surface area contributed by atoms with Gasteiger partial charge in [-0.3, -0.25) is 4.18 Å². The summed E-state index contributed by atoms with van der Waals surface area (Å²) >= 11 is 0. The molecule has 0 saturated heterocycles. The van der Waals surface area contributed by atoms with E-state index in [0.29, 0.717) is 38.6 Å². The molecule has 0 atom stereocenters. The molecule has 0 aliphatic heterocycles. The zero-order valence-corrected chi connectivity index (χ0v) is 25.7. The molecule has 2 aromatic carbocycles. The van der Waals surface area contributed by atoms with Gasteiger partial charge in [-0.2, -0.15) is 8.42 Å². The van der Waals surface area contributed by atoms with Crippen LogP contribution in [0.5, 0.6) is 0 Å². The minimum atomic E-state index is -3.81. The van der Waals surface area contributed by atoms with Crippen molar-refractivity contribution in [2.75, 3.05) is 39.6 Å². The van der Waals surface area contributed by atoms with Gasteiger partial charge in [0, 0.05) is 29.9 Å². The van der Waals surface area contributed by atoms with Crippen molar-refractivity contribution in [3.05, 3.63) is 78.6 Å². The molecule has 5 rings (SSSR count). The van der Waals surface area contributed by atoms with E-state index >= 15 is 0 Å². The maximum atomic E-state index is 12.5. The summed E-state index contributed by atoms with van der Waals surface area (Å²) in [4.78, 5) is 22.0. The number of aromatic nitrogens is 4. The van der Waals surface area contributed by atoms with Crippen LogP contribution in [0.3, 0.4) is 0 Å². The van der Waals surface area contributed by atoms with E-state index in [1.807, 2.05) is 50.2 Å². The average molecular weight is 621 g/mol. The van der Waals surface area contributed by atoms with Crippen LogP contribution < -0.4 is 0 Å². The molecule has 0 bridgehead atoms. The second kappa shape index (κ2) is 14.6. The smallest absolute Gasteiger partial charge is 0.419 e. The Morgan fingerprint density at radius 2 is 1.66 bits per heavy atom. The van der Waals surface area contributed by atoms with E-state index < -0.39 is 16.2 Å². The third-order valence-electron chi connectivity index (χ3n) is 6.97. The molecule has 0 radical (unpaired) electrons. The molecule has 3 heterocycles. The number of hydrogen-bond acceptors (Lipinski definition) is 9. The van der Waals surface area contributed by atoms with Gasteiger partial charge in [0.1, 0.15) is 11.5 Å². The van der Waals surface area contributed by atoms with Crippen molar-refractivity contribution < 1.29 is 31.6 Å². The van der Waals surface area contributed by atoms with Crippen LogP contribution in [0, 0.1) is 6.92 Å². The fourth-order valence-electron chi connectivity index (χ4n) is 4.64. The average Bonchev–Trinajstić information content (AvgIpc) is 3.62. The molecule has 0 fully saturated rings. The zero-order valence-electron chi connectivity index (χ0n) is 24.8. The van der Waals surface area contributed by atoms with E-state index in [2.05, 4.69) is 9.55 Å². The van der Waals surface area contributed by atoms with Gasteiger partial charge in [0.2, 0.25) is 0 Å². The molecule has 232 valence electrons. The summed E-state index contributed by atoms with van der Waals surface area (Å²) in [5.74, 6) is 0.741. The highest BCUT2D eigenvalue weighted by atomic mass is 32.2. The lowest BCUT2D eigenvalue weighted by Crippen LogP contribution is -2.15. The van der Waals surface area contributed by atoms with Crippen molar-refractivity contribution in [3.63, 3.8) is 0 Å². The number of aryl methyl sites for hydroxylation is 1. The summed E-state index contributed by atoms with van der Waals surface area (Å²) in [7, 11) is -3.81. The van der Waals surface area contributed by atoms with Crippen molar-refractivity contribution in [2.24, 2.45) is 0 Å².